The quantitative estimate of drug-likeness (QED) is 0.529. The Morgan fingerprint density at radius 3 is 2.66 bits per heavy atom. The van der Waals surface area contributed by atoms with Gasteiger partial charge in [0.25, 0.3) is 0 Å². The first-order chi connectivity index (χ1) is 14.3. The van der Waals surface area contributed by atoms with Gasteiger partial charge in [-0.05, 0) is 48.9 Å². The summed E-state index contributed by atoms with van der Waals surface area (Å²) in [6, 6.07) is 22.1. The van der Waals surface area contributed by atoms with Crippen molar-refractivity contribution in [3.05, 3.63) is 95.9 Å². The molecule has 0 unspecified atom stereocenters. The van der Waals surface area contributed by atoms with E-state index in [-0.39, 0.29) is 0 Å². The van der Waals surface area contributed by atoms with Gasteiger partial charge >= 0.3 is 0 Å². The number of pyridine rings is 1. The molecule has 4 rings (SSSR count). The van der Waals surface area contributed by atoms with Gasteiger partial charge in [0.2, 0.25) is 0 Å². The second-order valence-corrected chi connectivity index (χ2v) is 6.67. The Morgan fingerprint density at radius 2 is 1.86 bits per heavy atom. The van der Waals surface area contributed by atoms with Crippen LogP contribution in [0.25, 0.3) is 11.3 Å². The van der Waals surface area contributed by atoms with E-state index in [0.29, 0.717) is 13.1 Å². The molecule has 0 saturated carbocycles. The lowest BCUT2D eigenvalue weighted by molar-refractivity contribution is 0.639. The van der Waals surface area contributed by atoms with Crippen LogP contribution >= 0.6 is 0 Å². The molecule has 5 heteroatoms. The Hall–Kier alpha value is -3.91. The van der Waals surface area contributed by atoms with E-state index >= 15 is 0 Å². The van der Waals surface area contributed by atoms with Gasteiger partial charge in [0, 0.05) is 23.0 Å². The molecule has 0 fully saturated rings. The van der Waals surface area contributed by atoms with Gasteiger partial charge in [-0.2, -0.15) is 0 Å². The molecule has 142 valence electrons. The van der Waals surface area contributed by atoms with Gasteiger partial charge in [0.05, 0.1) is 25.0 Å². The summed E-state index contributed by atoms with van der Waals surface area (Å²) in [4.78, 5) is 4.33. The summed E-state index contributed by atoms with van der Waals surface area (Å²) >= 11 is 0. The minimum Gasteiger partial charge on any atom is -0.374 e. The average Bonchev–Trinajstić information content (AvgIpc) is 3.21. The zero-order valence-electron chi connectivity index (χ0n) is 16.2. The molecule has 0 amide bonds. The molecular formula is C24H21N5. The van der Waals surface area contributed by atoms with Crippen molar-refractivity contribution in [2.45, 2.75) is 13.5 Å². The zero-order chi connectivity index (χ0) is 19.9. The highest BCUT2D eigenvalue weighted by atomic mass is 15.4. The van der Waals surface area contributed by atoms with Crippen LogP contribution in [0.5, 0.6) is 0 Å². The number of anilines is 1. The first-order valence-electron chi connectivity index (χ1n) is 9.47. The summed E-state index contributed by atoms with van der Waals surface area (Å²) in [6.07, 6.45) is 3.73. The molecule has 29 heavy (non-hydrogen) atoms. The molecule has 1 N–H and O–H groups in total. The van der Waals surface area contributed by atoms with Crippen LogP contribution in [0.3, 0.4) is 0 Å². The molecule has 4 aromatic rings. The number of benzene rings is 2. The van der Waals surface area contributed by atoms with Crippen molar-refractivity contribution in [2.75, 3.05) is 11.9 Å². The molecule has 0 aliphatic rings. The van der Waals surface area contributed by atoms with Crippen LogP contribution in [0.2, 0.25) is 0 Å². The molecule has 0 bridgehead atoms. The Bertz CT molecular complexity index is 1140. The standard InChI is InChI=1S/C24H21N5/c1-19-16-20(8-7-15-25-21-9-3-2-4-10-21)12-13-23(19)24-18-29(28-27-24)17-22-11-5-6-14-26-22/h2-6,9-14,16,18,25H,15,17H2,1H3. The van der Waals surface area contributed by atoms with Crippen LogP contribution in [0.1, 0.15) is 16.8 Å². The second kappa shape index (κ2) is 8.85. The van der Waals surface area contributed by atoms with Gasteiger partial charge in [-0.3, -0.25) is 4.98 Å². The van der Waals surface area contributed by atoms with Crippen molar-refractivity contribution < 1.29 is 0 Å². The number of rotatable bonds is 5. The first kappa shape index (κ1) is 18.5. The first-order valence-corrected chi connectivity index (χ1v) is 9.47. The highest BCUT2D eigenvalue weighted by Gasteiger charge is 2.08. The number of nitrogens with one attached hydrogen (secondary N) is 1. The zero-order valence-corrected chi connectivity index (χ0v) is 16.2. The maximum Gasteiger partial charge on any atom is 0.113 e. The Morgan fingerprint density at radius 1 is 1.00 bits per heavy atom. The normalized spacial score (nSPS) is 10.2. The molecule has 0 atom stereocenters. The lowest BCUT2D eigenvalue weighted by atomic mass is 10.0. The Labute approximate surface area is 170 Å². The highest BCUT2D eigenvalue weighted by Crippen LogP contribution is 2.22. The van der Waals surface area contributed by atoms with Crippen molar-refractivity contribution in [1.29, 1.82) is 0 Å². The molecule has 0 saturated heterocycles. The Balaban J connectivity index is 1.42. The fourth-order valence-electron chi connectivity index (χ4n) is 3.03. The van der Waals surface area contributed by atoms with Crippen LogP contribution < -0.4 is 5.32 Å². The molecule has 2 heterocycles. The van der Waals surface area contributed by atoms with Crippen LogP contribution in [-0.4, -0.2) is 26.5 Å². The van der Waals surface area contributed by atoms with E-state index in [1.165, 1.54) is 0 Å². The van der Waals surface area contributed by atoms with Crippen molar-refractivity contribution >= 4 is 5.69 Å². The predicted octanol–water partition coefficient (Wildman–Crippen LogP) is 4.16. The van der Waals surface area contributed by atoms with Gasteiger partial charge in [0.1, 0.15) is 5.69 Å². The summed E-state index contributed by atoms with van der Waals surface area (Å²) in [5, 5.41) is 11.8. The molecule has 0 radical (unpaired) electrons. The SMILES string of the molecule is Cc1cc(C#CCNc2ccccc2)ccc1-c1cn(Cc2ccccn2)nn1. The smallest absolute Gasteiger partial charge is 0.113 e. The number of para-hydroxylation sites is 1. The molecule has 5 nitrogen and oxygen atoms in total. The van der Waals surface area contributed by atoms with Crippen molar-refractivity contribution in [3.8, 4) is 23.1 Å². The summed E-state index contributed by atoms with van der Waals surface area (Å²) in [5.74, 6) is 6.38. The average molecular weight is 379 g/mol. The number of hydrogen-bond donors (Lipinski definition) is 1. The van der Waals surface area contributed by atoms with Gasteiger partial charge < -0.3 is 5.32 Å². The monoisotopic (exact) mass is 379 g/mol. The fraction of sp³-hybridized carbons (Fsp3) is 0.125. The van der Waals surface area contributed by atoms with Gasteiger partial charge in [-0.25, -0.2) is 4.68 Å². The third kappa shape index (κ3) is 4.88. The summed E-state index contributed by atoms with van der Waals surface area (Å²) in [5.41, 5.74) is 6.05. The van der Waals surface area contributed by atoms with E-state index in [0.717, 1.165) is 33.8 Å². The van der Waals surface area contributed by atoms with Crippen LogP contribution in [0, 0.1) is 18.8 Å². The van der Waals surface area contributed by atoms with Crippen LogP contribution in [0.4, 0.5) is 5.69 Å². The lowest BCUT2D eigenvalue weighted by Gasteiger charge is -2.03. The summed E-state index contributed by atoms with van der Waals surface area (Å²) in [7, 11) is 0. The van der Waals surface area contributed by atoms with E-state index in [1.807, 2.05) is 60.8 Å². The number of aryl methyl sites for hydroxylation is 1. The number of nitrogens with zero attached hydrogens (tertiary/aromatic N) is 4. The Kier molecular flexibility index (Phi) is 5.63. The molecule has 0 aliphatic carbocycles. The molecular weight excluding hydrogens is 358 g/mol. The second-order valence-electron chi connectivity index (χ2n) is 6.67. The van der Waals surface area contributed by atoms with Crippen LogP contribution in [-0.2, 0) is 6.54 Å². The third-order valence-corrected chi connectivity index (χ3v) is 4.48. The fourth-order valence-corrected chi connectivity index (χ4v) is 3.03. The van der Waals surface area contributed by atoms with Crippen molar-refractivity contribution in [2.24, 2.45) is 0 Å². The number of hydrogen-bond acceptors (Lipinski definition) is 4. The maximum absolute atomic E-state index is 4.33. The largest absolute Gasteiger partial charge is 0.374 e. The molecule has 2 aromatic heterocycles. The van der Waals surface area contributed by atoms with Gasteiger partial charge in [0.15, 0.2) is 0 Å². The van der Waals surface area contributed by atoms with E-state index in [1.54, 1.807) is 10.9 Å². The third-order valence-electron chi connectivity index (χ3n) is 4.48. The minimum absolute atomic E-state index is 0.602. The minimum atomic E-state index is 0.602. The summed E-state index contributed by atoms with van der Waals surface area (Å²) < 4.78 is 1.81. The molecule has 2 aromatic carbocycles. The van der Waals surface area contributed by atoms with E-state index < -0.39 is 0 Å². The molecule has 0 aliphatic heterocycles. The van der Waals surface area contributed by atoms with Crippen molar-refractivity contribution in [1.82, 2.24) is 20.0 Å². The van der Waals surface area contributed by atoms with E-state index in [4.69, 9.17) is 0 Å². The molecule has 0 spiro atoms. The van der Waals surface area contributed by atoms with Gasteiger partial charge in [-0.1, -0.05) is 47.4 Å². The topological polar surface area (TPSA) is 55.6 Å². The van der Waals surface area contributed by atoms with E-state index in [2.05, 4.69) is 51.5 Å². The van der Waals surface area contributed by atoms with Crippen LogP contribution in [0.15, 0.2) is 79.1 Å². The maximum atomic E-state index is 4.33. The van der Waals surface area contributed by atoms with E-state index in [9.17, 15) is 0 Å². The lowest BCUT2D eigenvalue weighted by Crippen LogP contribution is -2.01. The highest BCUT2D eigenvalue weighted by molar-refractivity contribution is 5.64. The van der Waals surface area contributed by atoms with Crippen molar-refractivity contribution in [3.63, 3.8) is 0 Å². The number of aromatic nitrogens is 4. The summed E-state index contributed by atoms with van der Waals surface area (Å²) in [6.45, 7) is 3.28. The van der Waals surface area contributed by atoms with Gasteiger partial charge in [-0.15, -0.1) is 5.10 Å². The predicted molar refractivity (Wildman–Crippen MR) is 115 cm³/mol.